The zero-order chi connectivity index (χ0) is 19.0. The smallest absolute Gasteiger partial charge is 0.229 e. The molecule has 3 aromatic rings. The summed E-state index contributed by atoms with van der Waals surface area (Å²) < 4.78 is 0. The molecule has 1 saturated heterocycles. The SMILES string of the molecule is O=C(Nc1cccc2ccccc12)[C@@H]1CC(=O)N(c2cc(Cl)ccc2Cl)C1. The van der Waals surface area contributed by atoms with Gasteiger partial charge < -0.3 is 10.2 Å². The van der Waals surface area contributed by atoms with Gasteiger partial charge in [0.15, 0.2) is 0 Å². The first-order valence-corrected chi connectivity index (χ1v) is 9.32. The van der Waals surface area contributed by atoms with Gasteiger partial charge in [-0.15, -0.1) is 0 Å². The Morgan fingerprint density at radius 1 is 1.04 bits per heavy atom. The molecule has 0 saturated carbocycles. The van der Waals surface area contributed by atoms with Crippen molar-refractivity contribution in [2.24, 2.45) is 5.92 Å². The van der Waals surface area contributed by atoms with Crippen molar-refractivity contribution in [3.05, 3.63) is 70.7 Å². The summed E-state index contributed by atoms with van der Waals surface area (Å²) in [5.41, 5.74) is 1.28. The van der Waals surface area contributed by atoms with E-state index in [-0.39, 0.29) is 24.8 Å². The highest BCUT2D eigenvalue weighted by atomic mass is 35.5. The highest BCUT2D eigenvalue weighted by Crippen LogP contribution is 2.34. The lowest BCUT2D eigenvalue weighted by atomic mass is 10.1. The number of hydrogen-bond acceptors (Lipinski definition) is 2. The molecule has 1 aliphatic heterocycles. The van der Waals surface area contributed by atoms with Crippen LogP contribution in [0.2, 0.25) is 10.0 Å². The van der Waals surface area contributed by atoms with Crippen LogP contribution < -0.4 is 10.2 Å². The minimum absolute atomic E-state index is 0.138. The molecule has 3 aromatic carbocycles. The summed E-state index contributed by atoms with van der Waals surface area (Å²) >= 11 is 12.2. The number of carbonyl (C=O) groups is 2. The molecule has 0 spiro atoms. The van der Waals surface area contributed by atoms with Gasteiger partial charge in [0.25, 0.3) is 0 Å². The third kappa shape index (κ3) is 3.51. The number of nitrogens with one attached hydrogen (secondary N) is 1. The fraction of sp³-hybridized carbons (Fsp3) is 0.143. The Hall–Kier alpha value is -2.56. The summed E-state index contributed by atoms with van der Waals surface area (Å²) in [6.45, 7) is 0.273. The Morgan fingerprint density at radius 2 is 1.81 bits per heavy atom. The van der Waals surface area contributed by atoms with E-state index in [9.17, 15) is 9.59 Å². The molecule has 27 heavy (non-hydrogen) atoms. The third-order valence-electron chi connectivity index (χ3n) is 4.74. The average molecular weight is 399 g/mol. The summed E-state index contributed by atoms with van der Waals surface area (Å²) in [6, 6.07) is 18.6. The lowest BCUT2D eigenvalue weighted by Gasteiger charge is -2.18. The Kier molecular flexibility index (Phi) is 4.77. The molecule has 1 heterocycles. The van der Waals surface area contributed by atoms with Crippen molar-refractivity contribution < 1.29 is 9.59 Å². The number of anilines is 2. The molecule has 0 aromatic heterocycles. The van der Waals surface area contributed by atoms with Crippen molar-refractivity contribution in [2.75, 3.05) is 16.8 Å². The van der Waals surface area contributed by atoms with Gasteiger partial charge in [-0.05, 0) is 29.7 Å². The minimum Gasteiger partial charge on any atom is -0.325 e. The quantitative estimate of drug-likeness (QED) is 0.663. The molecule has 6 heteroatoms. The van der Waals surface area contributed by atoms with Crippen molar-refractivity contribution in [3.63, 3.8) is 0 Å². The topological polar surface area (TPSA) is 49.4 Å². The maximum atomic E-state index is 12.8. The zero-order valence-corrected chi connectivity index (χ0v) is 15.8. The monoisotopic (exact) mass is 398 g/mol. The van der Waals surface area contributed by atoms with Crippen molar-refractivity contribution in [1.82, 2.24) is 0 Å². The van der Waals surface area contributed by atoms with E-state index in [0.717, 1.165) is 16.5 Å². The average Bonchev–Trinajstić information content (AvgIpc) is 3.06. The van der Waals surface area contributed by atoms with Crippen LogP contribution in [0.5, 0.6) is 0 Å². The summed E-state index contributed by atoms with van der Waals surface area (Å²) in [7, 11) is 0. The lowest BCUT2D eigenvalue weighted by molar-refractivity contribution is -0.122. The van der Waals surface area contributed by atoms with Crippen LogP contribution in [-0.4, -0.2) is 18.4 Å². The van der Waals surface area contributed by atoms with Gasteiger partial charge in [-0.25, -0.2) is 0 Å². The molecule has 0 aliphatic carbocycles. The van der Waals surface area contributed by atoms with Crippen LogP contribution in [0.15, 0.2) is 60.7 Å². The molecule has 1 N–H and O–H groups in total. The fourth-order valence-electron chi connectivity index (χ4n) is 3.38. The van der Waals surface area contributed by atoms with Crippen LogP contribution >= 0.6 is 23.2 Å². The highest BCUT2D eigenvalue weighted by molar-refractivity contribution is 6.36. The number of fused-ring (bicyclic) bond motifs is 1. The summed E-state index contributed by atoms with van der Waals surface area (Å²) in [5, 5.41) is 5.90. The normalized spacial score (nSPS) is 16.7. The molecule has 0 bridgehead atoms. The molecule has 1 atom stereocenters. The number of nitrogens with zero attached hydrogens (tertiary/aromatic N) is 1. The summed E-state index contributed by atoms with van der Waals surface area (Å²) in [5.74, 6) is -0.774. The molecular formula is C21H16Cl2N2O2. The maximum absolute atomic E-state index is 12.8. The largest absolute Gasteiger partial charge is 0.325 e. The van der Waals surface area contributed by atoms with Gasteiger partial charge in [-0.1, -0.05) is 59.6 Å². The second kappa shape index (κ2) is 7.22. The Labute approximate surface area is 166 Å². The molecule has 2 amide bonds. The van der Waals surface area contributed by atoms with Gasteiger partial charge in [0.05, 0.1) is 16.6 Å². The van der Waals surface area contributed by atoms with Crippen LogP contribution in [0.1, 0.15) is 6.42 Å². The van der Waals surface area contributed by atoms with Crippen LogP contribution in [0.3, 0.4) is 0 Å². The number of halogens is 2. The molecule has 4 nitrogen and oxygen atoms in total. The number of rotatable bonds is 3. The molecule has 1 aliphatic rings. The predicted molar refractivity (Wildman–Crippen MR) is 109 cm³/mol. The first kappa shape index (κ1) is 17.8. The van der Waals surface area contributed by atoms with Gasteiger partial charge in [-0.3, -0.25) is 9.59 Å². The first-order valence-electron chi connectivity index (χ1n) is 8.57. The Morgan fingerprint density at radius 3 is 2.67 bits per heavy atom. The van der Waals surface area contributed by atoms with E-state index in [2.05, 4.69) is 5.32 Å². The van der Waals surface area contributed by atoms with E-state index in [4.69, 9.17) is 23.2 Å². The molecule has 4 rings (SSSR count). The summed E-state index contributed by atoms with van der Waals surface area (Å²) in [4.78, 5) is 26.8. The van der Waals surface area contributed by atoms with E-state index in [1.54, 1.807) is 18.2 Å². The van der Waals surface area contributed by atoms with E-state index >= 15 is 0 Å². The van der Waals surface area contributed by atoms with Crippen molar-refractivity contribution in [2.45, 2.75) is 6.42 Å². The van der Waals surface area contributed by atoms with Gasteiger partial charge >= 0.3 is 0 Å². The number of benzene rings is 3. The number of carbonyl (C=O) groups excluding carboxylic acids is 2. The fourth-order valence-corrected chi connectivity index (χ4v) is 3.76. The van der Waals surface area contributed by atoms with Gasteiger partial charge in [-0.2, -0.15) is 0 Å². The minimum atomic E-state index is -0.452. The molecule has 0 radical (unpaired) electrons. The molecule has 1 fully saturated rings. The van der Waals surface area contributed by atoms with Gasteiger partial charge in [0.2, 0.25) is 11.8 Å². The van der Waals surface area contributed by atoms with Gasteiger partial charge in [0, 0.05) is 29.1 Å². The van der Waals surface area contributed by atoms with Crippen molar-refractivity contribution in [3.8, 4) is 0 Å². The molecule has 0 unspecified atom stereocenters. The van der Waals surface area contributed by atoms with Crippen molar-refractivity contribution in [1.29, 1.82) is 0 Å². The van der Waals surface area contributed by atoms with Crippen LogP contribution in [0.25, 0.3) is 10.8 Å². The Bertz CT molecular complexity index is 1050. The van der Waals surface area contributed by atoms with E-state index < -0.39 is 5.92 Å². The second-order valence-corrected chi connectivity index (χ2v) is 7.36. The summed E-state index contributed by atoms with van der Waals surface area (Å²) in [6.07, 6.45) is 0.138. The highest BCUT2D eigenvalue weighted by Gasteiger charge is 2.36. The van der Waals surface area contributed by atoms with Crippen molar-refractivity contribution >= 4 is 57.2 Å². The molecular weight excluding hydrogens is 383 g/mol. The standard InChI is InChI=1S/C21H16Cl2N2O2/c22-15-8-9-17(23)19(11-15)25-12-14(10-20(25)26)21(27)24-18-7-3-5-13-4-1-2-6-16(13)18/h1-9,11,14H,10,12H2,(H,24,27)/t14-/m1/s1. The van der Waals surface area contributed by atoms with Crippen LogP contribution in [0, 0.1) is 5.92 Å². The van der Waals surface area contributed by atoms with E-state index in [1.165, 1.54) is 4.90 Å². The number of hydrogen-bond donors (Lipinski definition) is 1. The third-order valence-corrected chi connectivity index (χ3v) is 5.30. The van der Waals surface area contributed by atoms with Gasteiger partial charge in [0.1, 0.15) is 0 Å². The zero-order valence-electron chi connectivity index (χ0n) is 14.3. The second-order valence-electron chi connectivity index (χ2n) is 6.52. The van der Waals surface area contributed by atoms with E-state index in [0.29, 0.717) is 15.7 Å². The number of amides is 2. The predicted octanol–water partition coefficient (Wildman–Crippen LogP) is 5.14. The lowest BCUT2D eigenvalue weighted by Crippen LogP contribution is -2.28. The van der Waals surface area contributed by atoms with Crippen LogP contribution in [-0.2, 0) is 9.59 Å². The Balaban J connectivity index is 1.55. The van der Waals surface area contributed by atoms with E-state index in [1.807, 2.05) is 42.5 Å². The first-order chi connectivity index (χ1) is 13.0. The molecule has 136 valence electrons. The van der Waals surface area contributed by atoms with Crippen LogP contribution in [0.4, 0.5) is 11.4 Å². The maximum Gasteiger partial charge on any atom is 0.229 e.